The lowest BCUT2D eigenvalue weighted by atomic mass is 10.2. The van der Waals surface area contributed by atoms with Gasteiger partial charge in [-0.3, -0.25) is 0 Å². The molecule has 0 amide bonds. The van der Waals surface area contributed by atoms with Crippen molar-refractivity contribution < 1.29 is 9.84 Å². The molecule has 1 atom stereocenters. The van der Waals surface area contributed by atoms with E-state index in [2.05, 4.69) is 5.32 Å². The van der Waals surface area contributed by atoms with Crippen LogP contribution < -0.4 is 10.1 Å². The molecule has 0 heterocycles. The Balaban J connectivity index is 2.58. The Hall–Kier alpha value is -1.06. The number of hydrogen-bond donors (Lipinski definition) is 2. The maximum Gasteiger partial charge on any atom is 0.123 e. The van der Waals surface area contributed by atoms with Gasteiger partial charge in [0.2, 0.25) is 0 Å². The van der Waals surface area contributed by atoms with Crippen molar-refractivity contribution in [2.24, 2.45) is 0 Å². The highest BCUT2D eigenvalue weighted by atomic mass is 16.5. The number of rotatable bonds is 6. The lowest BCUT2D eigenvalue weighted by Crippen LogP contribution is -2.28. The van der Waals surface area contributed by atoms with Gasteiger partial charge in [0.15, 0.2) is 0 Å². The number of para-hydroxylation sites is 1. The Kier molecular flexibility index (Phi) is 5.15. The van der Waals surface area contributed by atoms with Gasteiger partial charge < -0.3 is 15.2 Å². The Morgan fingerprint density at radius 1 is 1.40 bits per heavy atom. The van der Waals surface area contributed by atoms with Crippen molar-refractivity contribution in [2.45, 2.75) is 26.4 Å². The second-order valence-electron chi connectivity index (χ2n) is 3.51. The molecule has 84 valence electrons. The molecule has 3 heteroatoms. The van der Waals surface area contributed by atoms with Crippen LogP contribution in [0.2, 0.25) is 0 Å². The predicted octanol–water partition coefficient (Wildman–Crippen LogP) is 1.56. The van der Waals surface area contributed by atoms with Crippen molar-refractivity contribution in [3.8, 4) is 5.75 Å². The van der Waals surface area contributed by atoms with Crippen molar-refractivity contribution in [2.75, 3.05) is 13.2 Å². The van der Waals surface area contributed by atoms with E-state index < -0.39 is 0 Å². The number of ether oxygens (including phenoxy) is 1. The summed E-state index contributed by atoms with van der Waals surface area (Å²) in [6.45, 7) is 5.46. The molecule has 0 aliphatic heterocycles. The van der Waals surface area contributed by atoms with Crippen LogP contribution in [0.4, 0.5) is 0 Å². The van der Waals surface area contributed by atoms with Crippen LogP contribution in [0.5, 0.6) is 5.75 Å². The second-order valence-corrected chi connectivity index (χ2v) is 3.51. The minimum absolute atomic E-state index is 0.111. The SMILES string of the molecule is CCOc1ccccc1CN[C@H](C)CO. The molecule has 0 aliphatic rings. The van der Waals surface area contributed by atoms with Crippen molar-refractivity contribution in [1.29, 1.82) is 0 Å². The van der Waals surface area contributed by atoms with Crippen LogP contribution in [-0.4, -0.2) is 24.4 Å². The summed E-state index contributed by atoms with van der Waals surface area (Å²) in [4.78, 5) is 0. The Bertz CT molecular complexity index is 289. The van der Waals surface area contributed by atoms with Crippen LogP contribution in [0.25, 0.3) is 0 Å². The molecule has 1 aromatic carbocycles. The molecule has 0 spiro atoms. The third-order valence-electron chi connectivity index (χ3n) is 2.19. The smallest absolute Gasteiger partial charge is 0.123 e. The molecule has 0 saturated heterocycles. The van der Waals surface area contributed by atoms with Gasteiger partial charge in [0.1, 0.15) is 5.75 Å². The summed E-state index contributed by atoms with van der Waals surface area (Å²) in [5.41, 5.74) is 1.12. The second kappa shape index (κ2) is 6.43. The molecule has 3 nitrogen and oxygen atoms in total. The number of benzene rings is 1. The molecule has 0 unspecified atom stereocenters. The molecular weight excluding hydrogens is 190 g/mol. The van der Waals surface area contributed by atoms with E-state index in [0.717, 1.165) is 17.9 Å². The molecule has 0 bridgehead atoms. The Labute approximate surface area is 91.1 Å². The summed E-state index contributed by atoms with van der Waals surface area (Å²) in [6.07, 6.45) is 0. The molecule has 0 fully saturated rings. The number of hydrogen-bond acceptors (Lipinski definition) is 3. The monoisotopic (exact) mass is 209 g/mol. The quantitative estimate of drug-likeness (QED) is 0.747. The lowest BCUT2D eigenvalue weighted by Gasteiger charge is -2.13. The fraction of sp³-hybridized carbons (Fsp3) is 0.500. The predicted molar refractivity (Wildman–Crippen MR) is 61.0 cm³/mol. The average molecular weight is 209 g/mol. The summed E-state index contributed by atoms with van der Waals surface area (Å²) >= 11 is 0. The van der Waals surface area contributed by atoms with Gasteiger partial charge in [-0.25, -0.2) is 0 Å². The van der Waals surface area contributed by atoms with Gasteiger partial charge in [-0.1, -0.05) is 18.2 Å². The van der Waals surface area contributed by atoms with Crippen LogP contribution >= 0.6 is 0 Å². The molecule has 1 rings (SSSR count). The average Bonchev–Trinajstić information content (AvgIpc) is 2.28. The van der Waals surface area contributed by atoms with Crippen molar-refractivity contribution in [3.05, 3.63) is 29.8 Å². The molecule has 2 N–H and O–H groups in total. The van der Waals surface area contributed by atoms with Crippen LogP contribution in [0.15, 0.2) is 24.3 Å². The normalized spacial score (nSPS) is 12.5. The van der Waals surface area contributed by atoms with Crippen LogP contribution in [-0.2, 0) is 6.54 Å². The van der Waals surface area contributed by atoms with Crippen molar-refractivity contribution >= 4 is 0 Å². The number of aliphatic hydroxyl groups is 1. The molecule has 15 heavy (non-hydrogen) atoms. The first-order chi connectivity index (χ1) is 7.27. The largest absolute Gasteiger partial charge is 0.494 e. The van der Waals surface area contributed by atoms with E-state index in [0.29, 0.717) is 6.61 Å². The van der Waals surface area contributed by atoms with E-state index in [4.69, 9.17) is 9.84 Å². The summed E-state index contributed by atoms with van der Waals surface area (Å²) in [6, 6.07) is 8.05. The fourth-order valence-electron chi connectivity index (χ4n) is 1.29. The van der Waals surface area contributed by atoms with Crippen molar-refractivity contribution in [1.82, 2.24) is 5.32 Å². The van der Waals surface area contributed by atoms with Gasteiger partial charge in [-0.05, 0) is 19.9 Å². The number of aliphatic hydroxyl groups excluding tert-OH is 1. The molecule has 0 saturated carbocycles. The summed E-state index contributed by atoms with van der Waals surface area (Å²) in [5, 5.41) is 12.1. The van der Waals surface area contributed by atoms with Crippen LogP contribution in [0.3, 0.4) is 0 Å². The molecule has 0 radical (unpaired) electrons. The zero-order valence-electron chi connectivity index (χ0n) is 9.36. The highest BCUT2D eigenvalue weighted by Gasteiger charge is 2.03. The van der Waals surface area contributed by atoms with Gasteiger partial charge >= 0.3 is 0 Å². The summed E-state index contributed by atoms with van der Waals surface area (Å²) in [7, 11) is 0. The van der Waals surface area contributed by atoms with Gasteiger partial charge in [0, 0.05) is 18.2 Å². The molecular formula is C12H19NO2. The van der Waals surface area contributed by atoms with Gasteiger partial charge in [0.05, 0.1) is 13.2 Å². The van der Waals surface area contributed by atoms with E-state index in [9.17, 15) is 0 Å². The third-order valence-corrected chi connectivity index (χ3v) is 2.19. The minimum atomic E-state index is 0.111. The topological polar surface area (TPSA) is 41.5 Å². The van der Waals surface area contributed by atoms with Crippen LogP contribution in [0, 0.1) is 0 Å². The van der Waals surface area contributed by atoms with Gasteiger partial charge in [-0.15, -0.1) is 0 Å². The van der Waals surface area contributed by atoms with Crippen molar-refractivity contribution in [3.63, 3.8) is 0 Å². The van der Waals surface area contributed by atoms with E-state index >= 15 is 0 Å². The highest BCUT2D eigenvalue weighted by molar-refractivity contribution is 5.33. The molecule has 0 aliphatic carbocycles. The summed E-state index contributed by atoms with van der Waals surface area (Å²) < 4.78 is 5.50. The minimum Gasteiger partial charge on any atom is -0.494 e. The standard InChI is InChI=1S/C12H19NO2/c1-3-15-12-7-5-4-6-11(12)8-13-10(2)9-14/h4-7,10,13-14H,3,8-9H2,1-2H3/t10-/m1/s1. The Morgan fingerprint density at radius 3 is 2.80 bits per heavy atom. The number of nitrogens with one attached hydrogen (secondary N) is 1. The third kappa shape index (κ3) is 3.90. The van der Waals surface area contributed by atoms with E-state index in [1.165, 1.54) is 0 Å². The first kappa shape index (κ1) is 12.0. The summed E-state index contributed by atoms with van der Waals surface area (Å²) in [5.74, 6) is 0.914. The maximum absolute atomic E-state index is 8.89. The fourth-order valence-corrected chi connectivity index (χ4v) is 1.29. The van der Waals surface area contributed by atoms with Crippen LogP contribution in [0.1, 0.15) is 19.4 Å². The van der Waals surface area contributed by atoms with Gasteiger partial charge in [0.25, 0.3) is 0 Å². The zero-order chi connectivity index (χ0) is 11.1. The zero-order valence-corrected chi connectivity index (χ0v) is 9.36. The van der Waals surface area contributed by atoms with E-state index in [-0.39, 0.29) is 12.6 Å². The van der Waals surface area contributed by atoms with Gasteiger partial charge in [-0.2, -0.15) is 0 Å². The highest BCUT2D eigenvalue weighted by Crippen LogP contribution is 2.17. The van der Waals surface area contributed by atoms with E-state index in [1.54, 1.807) is 0 Å². The lowest BCUT2D eigenvalue weighted by molar-refractivity contribution is 0.250. The Morgan fingerprint density at radius 2 is 2.13 bits per heavy atom. The first-order valence-electron chi connectivity index (χ1n) is 5.32. The van der Waals surface area contributed by atoms with E-state index in [1.807, 2.05) is 38.1 Å². The molecule has 1 aromatic rings. The first-order valence-corrected chi connectivity index (χ1v) is 5.32. The molecule has 0 aromatic heterocycles. The maximum atomic E-state index is 8.89.